The summed E-state index contributed by atoms with van der Waals surface area (Å²) in [5, 5.41) is 3.16. The first-order chi connectivity index (χ1) is 12.1. The van der Waals surface area contributed by atoms with Crippen molar-refractivity contribution >= 4 is 32.6 Å². The minimum atomic E-state index is -2.97. The fourth-order valence-electron chi connectivity index (χ4n) is 2.21. The van der Waals surface area contributed by atoms with Gasteiger partial charge in [-0.3, -0.25) is 10.1 Å². The molecule has 3 aromatic rings. The summed E-state index contributed by atoms with van der Waals surface area (Å²) in [6.07, 6.45) is 0. The van der Waals surface area contributed by atoms with Gasteiger partial charge in [0.1, 0.15) is 0 Å². The summed E-state index contributed by atoms with van der Waals surface area (Å²) in [4.78, 5) is 16.7. The van der Waals surface area contributed by atoms with Crippen molar-refractivity contribution in [3.05, 3.63) is 48.0 Å². The largest absolute Gasteiger partial charge is 0.490 e. The summed E-state index contributed by atoms with van der Waals surface area (Å²) in [5.41, 5.74) is 1.04. The zero-order valence-corrected chi connectivity index (χ0v) is 14.0. The third kappa shape index (κ3) is 4.03. The quantitative estimate of drug-likeness (QED) is 0.697. The van der Waals surface area contributed by atoms with Crippen LogP contribution in [0.4, 0.5) is 13.9 Å². The Labute approximate surface area is 146 Å². The van der Waals surface area contributed by atoms with Crippen molar-refractivity contribution < 1.29 is 23.0 Å². The van der Waals surface area contributed by atoms with Crippen LogP contribution in [-0.4, -0.2) is 24.1 Å². The molecule has 8 heteroatoms. The second kappa shape index (κ2) is 7.43. The highest BCUT2D eigenvalue weighted by Gasteiger charge is 2.16. The van der Waals surface area contributed by atoms with E-state index in [1.807, 2.05) is 24.3 Å². The van der Waals surface area contributed by atoms with E-state index in [4.69, 9.17) is 4.74 Å². The number of nitrogens with zero attached hydrogens (tertiary/aromatic N) is 1. The molecule has 1 N–H and O–H groups in total. The number of para-hydroxylation sites is 1. The highest BCUT2D eigenvalue weighted by molar-refractivity contribution is 7.22. The maximum atomic E-state index is 12.4. The van der Waals surface area contributed by atoms with Crippen LogP contribution < -0.4 is 14.8 Å². The Morgan fingerprint density at radius 3 is 2.76 bits per heavy atom. The number of alkyl halides is 2. The van der Waals surface area contributed by atoms with E-state index < -0.39 is 12.5 Å². The molecule has 0 atom stereocenters. The van der Waals surface area contributed by atoms with Gasteiger partial charge in [-0.2, -0.15) is 8.78 Å². The second-order valence-corrected chi connectivity index (χ2v) is 5.94. The molecule has 0 aliphatic carbocycles. The Morgan fingerprint density at radius 1 is 1.24 bits per heavy atom. The van der Waals surface area contributed by atoms with Crippen LogP contribution in [0.25, 0.3) is 10.2 Å². The summed E-state index contributed by atoms with van der Waals surface area (Å²) in [6.45, 7) is -1.01. The van der Waals surface area contributed by atoms with Gasteiger partial charge in [-0.25, -0.2) is 4.98 Å². The van der Waals surface area contributed by atoms with Crippen molar-refractivity contribution in [1.29, 1.82) is 0 Å². The van der Waals surface area contributed by atoms with Crippen molar-refractivity contribution in [2.75, 3.05) is 11.9 Å². The van der Waals surface area contributed by atoms with Gasteiger partial charge in [-0.1, -0.05) is 23.5 Å². The van der Waals surface area contributed by atoms with Crippen molar-refractivity contribution in [2.24, 2.45) is 0 Å². The Bertz CT molecular complexity index is 865. The molecular formula is C17H14F2N2O3S. The number of carbonyl (C=O) groups excluding carboxylic acids is 1. The van der Waals surface area contributed by atoms with E-state index in [-0.39, 0.29) is 23.7 Å². The molecular weight excluding hydrogens is 350 g/mol. The fourth-order valence-corrected chi connectivity index (χ4v) is 3.07. The van der Waals surface area contributed by atoms with Crippen LogP contribution in [0.1, 0.15) is 17.3 Å². The predicted octanol–water partition coefficient (Wildman–Crippen LogP) is 4.55. The average Bonchev–Trinajstić information content (AvgIpc) is 2.98. The molecule has 1 heterocycles. The summed E-state index contributed by atoms with van der Waals surface area (Å²) in [7, 11) is 0. The van der Waals surface area contributed by atoms with Crippen LogP contribution in [0, 0.1) is 0 Å². The van der Waals surface area contributed by atoms with E-state index >= 15 is 0 Å². The smallest absolute Gasteiger partial charge is 0.387 e. The van der Waals surface area contributed by atoms with E-state index in [0.717, 1.165) is 10.2 Å². The average molecular weight is 364 g/mol. The Balaban J connectivity index is 1.82. The first-order valence-corrected chi connectivity index (χ1v) is 8.27. The minimum Gasteiger partial charge on any atom is -0.490 e. The molecule has 130 valence electrons. The van der Waals surface area contributed by atoms with E-state index in [2.05, 4.69) is 15.0 Å². The lowest BCUT2D eigenvalue weighted by Crippen LogP contribution is -2.12. The topological polar surface area (TPSA) is 60.5 Å². The number of ether oxygens (including phenoxy) is 2. The molecule has 25 heavy (non-hydrogen) atoms. The van der Waals surface area contributed by atoms with Crippen molar-refractivity contribution in [1.82, 2.24) is 4.98 Å². The van der Waals surface area contributed by atoms with Gasteiger partial charge in [0.05, 0.1) is 16.8 Å². The number of halogens is 2. The number of rotatable bonds is 6. The van der Waals surface area contributed by atoms with Gasteiger partial charge in [0.2, 0.25) is 0 Å². The maximum absolute atomic E-state index is 12.4. The van der Waals surface area contributed by atoms with Gasteiger partial charge in [-0.15, -0.1) is 0 Å². The molecule has 0 aliphatic heterocycles. The van der Waals surface area contributed by atoms with E-state index in [9.17, 15) is 13.6 Å². The number of anilines is 1. The monoisotopic (exact) mass is 364 g/mol. The van der Waals surface area contributed by atoms with E-state index in [1.165, 1.54) is 29.5 Å². The van der Waals surface area contributed by atoms with Gasteiger partial charge >= 0.3 is 6.61 Å². The van der Waals surface area contributed by atoms with Gasteiger partial charge in [0.15, 0.2) is 16.6 Å². The number of hydrogen-bond acceptors (Lipinski definition) is 5. The normalized spacial score (nSPS) is 10.9. The number of nitrogens with one attached hydrogen (secondary N) is 1. The zero-order valence-electron chi connectivity index (χ0n) is 13.2. The summed E-state index contributed by atoms with van der Waals surface area (Å²) in [5.74, 6) is -0.447. The minimum absolute atomic E-state index is 0.0831. The number of carbonyl (C=O) groups is 1. The van der Waals surface area contributed by atoms with Crippen molar-refractivity contribution in [3.63, 3.8) is 0 Å². The lowest BCUT2D eigenvalue weighted by Gasteiger charge is -2.12. The number of aromatic nitrogens is 1. The lowest BCUT2D eigenvalue weighted by atomic mass is 10.2. The highest BCUT2D eigenvalue weighted by atomic mass is 32.1. The number of amides is 1. The standard InChI is InChI=1S/C17H14F2N2O3S/c1-2-23-13-9-10(7-8-12(13)24-16(18)19)15(22)21-17-20-11-5-3-4-6-14(11)25-17/h3-9,16H,2H2,1H3,(H,20,21,22). The summed E-state index contributed by atoms with van der Waals surface area (Å²) < 4.78 is 35.5. The zero-order chi connectivity index (χ0) is 17.8. The Kier molecular flexibility index (Phi) is 5.08. The first kappa shape index (κ1) is 17.1. The number of benzene rings is 2. The van der Waals surface area contributed by atoms with Crippen LogP contribution >= 0.6 is 11.3 Å². The molecule has 0 unspecified atom stereocenters. The number of thiazole rings is 1. The third-order valence-electron chi connectivity index (χ3n) is 3.24. The molecule has 0 radical (unpaired) electrons. The van der Waals surface area contributed by atoms with Gasteiger partial charge in [0, 0.05) is 5.56 Å². The van der Waals surface area contributed by atoms with Crippen LogP contribution in [0.15, 0.2) is 42.5 Å². The van der Waals surface area contributed by atoms with Crippen molar-refractivity contribution in [3.8, 4) is 11.5 Å². The Hall–Kier alpha value is -2.74. The van der Waals surface area contributed by atoms with Crippen LogP contribution in [-0.2, 0) is 0 Å². The van der Waals surface area contributed by atoms with Crippen molar-refractivity contribution in [2.45, 2.75) is 13.5 Å². The molecule has 0 saturated carbocycles. The Morgan fingerprint density at radius 2 is 2.04 bits per heavy atom. The molecule has 0 bridgehead atoms. The van der Waals surface area contributed by atoms with Gasteiger partial charge < -0.3 is 9.47 Å². The predicted molar refractivity (Wildman–Crippen MR) is 91.8 cm³/mol. The maximum Gasteiger partial charge on any atom is 0.387 e. The highest BCUT2D eigenvalue weighted by Crippen LogP contribution is 2.31. The lowest BCUT2D eigenvalue weighted by molar-refractivity contribution is -0.0514. The van der Waals surface area contributed by atoms with E-state index in [0.29, 0.717) is 5.13 Å². The summed E-state index contributed by atoms with van der Waals surface area (Å²) >= 11 is 1.35. The fraction of sp³-hybridized carbons (Fsp3) is 0.176. The third-order valence-corrected chi connectivity index (χ3v) is 4.19. The molecule has 0 spiro atoms. The molecule has 0 saturated heterocycles. The number of fused-ring (bicyclic) bond motifs is 1. The number of hydrogen-bond donors (Lipinski definition) is 1. The SMILES string of the molecule is CCOc1cc(C(=O)Nc2nc3ccccc3s2)ccc1OC(F)F. The van der Waals surface area contributed by atoms with Crippen LogP contribution in [0.3, 0.4) is 0 Å². The molecule has 1 aromatic heterocycles. The van der Waals surface area contributed by atoms with Gasteiger partial charge in [0.25, 0.3) is 5.91 Å². The molecule has 5 nitrogen and oxygen atoms in total. The van der Waals surface area contributed by atoms with E-state index in [1.54, 1.807) is 6.92 Å². The molecule has 2 aromatic carbocycles. The van der Waals surface area contributed by atoms with Crippen LogP contribution in [0.5, 0.6) is 11.5 Å². The molecule has 0 aliphatic rings. The molecule has 0 fully saturated rings. The van der Waals surface area contributed by atoms with Crippen LogP contribution in [0.2, 0.25) is 0 Å². The summed E-state index contributed by atoms with van der Waals surface area (Å²) in [6, 6.07) is 11.6. The molecule has 1 amide bonds. The second-order valence-electron chi connectivity index (χ2n) is 4.91. The van der Waals surface area contributed by atoms with Gasteiger partial charge in [-0.05, 0) is 37.3 Å². The molecule has 3 rings (SSSR count). The first-order valence-electron chi connectivity index (χ1n) is 7.45.